The molecule has 0 unspecified atom stereocenters. The zero-order valence-corrected chi connectivity index (χ0v) is 16.5. The molecular weight excluding hydrogens is 394 g/mol. The number of nitrogens with one attached hydrogen (secondary N) is 3. The van der Waals surface area contributed by atoms with Crippen LogP contribution >= 0.6 is 0 Å². The molecule has 0 spiro atoms. The third-order valence-corrected chi connectivity index (χ3v) is 5.10. The molecule has 2 amide bonds. The Hall–Kier alpha value is -4.27. The van der Waals surface area contributed by atoms with Crippen LogP contribution in [0.3, 0.4) is 0 Å². The molecule has 0 fully saturated rings. The number of benzene rings is 2. The van der Waals surface area contributed by atoms with Crippen LogP contribution in [0.1, 0.15) is 12.2 Å². The van der Waals surface area contributed by atoms with E-state index in [1.807, 2.05) is 36.4 Å². The Bertz CT molecular complexity index is 1300. The monoisotopic (exact) mass is 413 g/mol. The largest absolute Gasteiger partial charge is 0.327 e. The predicted molar refractivity (Wildman–Crippen MR) is 116 cm³/mol. The number of aromatic nitrogens is 4. The second kappa shape index (κ2) is 7.86. The molecule has 154 valence electrons. The molecule has 2 aromatic carbocycles. The van der Waals surface area contributed by atoms with Crippen molar-refractivity contribution in [3.8, 4) is 11.4 Å². The van der Waals surface area contributed by atoms with E-state index >= 15 is 0 Å². The Morgan fingerprint density at radius 3 is 2.77 bits per heavy atom. The fraction of sp³-hybridized carbons (Fsp3) is 0.136. The smallest absolute Gasteiger partial charge is 0.318 e. The number of pyridine rings is 1. The average molecular weight is 413 g/mol. The minimum atomic E-state index is -0.830. The lowest BCUT2D eigenvalue weighted by Crippen LogP contribution is -2.39. The highest BCUT2D eigenvalue weighted by atomic mass is 16.2. The van der Waals surface area contributed by atoms with Crippen LogP contribution in [0.4, 0.5) is 11.5 Å². The molecule has 3 N–H and O–H groups in total. The number of carbonyl (C=O) groups is 2. The van der Waals surface area contributed by atoms with Crippen LogP contribution in [-0.2, 0) is 22.6 Å². The van der Waals surface area contributed by atoms with E-state index in [0.29, 0.717) is 11.5 Å². The summed E-state index contributed by atoms with van der Waals surface area (Å²) in [6, 6.07) is 18.4. The first-order valence-corrected chi connectivity index (χ1v) is 9.93. The standard InChI is InChI=1S/C22H19N7O2/c30-21(22(31)28-25-18-11-10-14-5-1-2-8-17(14)24-18)23-16-7-3-6-15(13-16)20-27-26-19-9-4-12-29(19)20/h1-3,5-8,10-11,13H,4,9,12H2,(H,23,30)(H,24,25)(H,28,31). The fourth-order valence-corrected chi connectivity index (χ4v) is 3.60. The van der Waals surface area contributed by atoms with E-state index in [1.54, 1.807) is 24.3 Å². The van der Waals surface area contributed by atoms with Crippen LogP contribution in [0.2, 0.25) is 0 Å². The summed E-state index contributed by atoms with van der Waals surface area (Å²) >= 11 is 0. The first-order valence-electron chi connectivity index (χ1n) is 9.93. The van der Waals surface area contributed by atoms with Crippen molar-refractivity contribution >= 4 is 34.2 Å². The minimum Gasteiger partial charge on any atom is -0.318 e. The number of hydrazine groups is 1. The number of rotatable bonds is 4. The van der Waals surface area contributed by atoms with Gasteiger partial charge in [0.15, 0.2) is 5.82 Å². The highest BCUT2D eigenvalue weighted by Crippen LogP contribution is 2.25. The topological polar surface area (TPSA) is 114 Å². The zero-order chi connectivity index (χ0) is 21.2. The molecule has 3 heterocycles. The molecular formula is C22H19N7O2. The SMILES string of the molecule is O=C(NNc1ccc2ccccc2n1)C(=O)Nc1cccc(-c2nnc3n2CCC3)c1. The van der Waals surface area contributed by atoms with Crippen molar-refractivity contribution in [1.82, 2.24) is 25.2 Å². The number of nitrogens with zero attached hydrogens (tertiary/aromatic N) is 4. The maximum absolute atomic E-state index is 12.3. The molecule has 0 atom stereocenters. The summed E-state index contributed by atoms with van der Waals surface area (Å²) in [4.78, 5) is 28.9. The molecule has 0 saturated heterocycles. The first-order chi connectivity index (χ1) is 15.2. The number of amides is 2. The van der Waals surface area contributed by atoms with Gasteiger partial charge in [-0.3, -0.25) is 20.4 Å². The van der Waals surface area contributed by atoms with Crippen molar-refractivity contribution in [3.63, 3.8) is 0 Å². The minimum absolute atomic E-state index is 0.433. The van der Waals surface area contributed by atoms with Gasteiger partial charge in [0.1, 0.15) is 11.6 Å². The zero-order valence-electron chi connectivity index (χ0n) is 16.5. The Morgan fingerprint density at radius 2 is 1.84 bits per heavy atom. The molecule has 2 aromatic heterocycles. The molecule has 1 aliphatic heterocycles. The lowest BCUT2D eigenvalue weighted by Gasteiger charge is -2.10. The molecule has 9 nitrogen and oxygen atoms in total. The van der Waals surface area contributed by atoms with Gasteiger partial charge in [-0.1, -0.05) is 30.3 Å². The van der Waals surface area contributed by atoms with Gasteiger partial charge in [0.25, 0.3) is 0 Å². The number of anilines is 2. The van der Waals surface area contributed by atoms with E-state index in [0.717, 1.165) is 47.5 Å². The maximum Gasteiger partial charge on any atom is 0.327 e. The third kappa shape index (κ3) is 3.80. The Kier molecular flexibility index (Phi) is 4.75. The highest BCUT2D eigenvalue weighted by molar-refractivity contribution is 6.39. The van der Waals surface area contributed by atoms with Crippen LogP contribution in [0.25, 0.3) is 22.3 Å². The Balaban J connectivity index is 1.23. The molecule has 31 heavy (non-hydrogen) atoms. The summed E-state index contributed by atoms with van der Waals surface area (Å²) in [5.41, 5.74) is 7.15. The second-order valence-corrected chi connectivity index (χ2v) is 7.20. The molecule has 0 radical (unpaired) electrons. The molecule has 0 bridgehead atoms. The molecule has 1 aliphatic rings. The van der Waals surface area contributed by atoms with E-state index in [9.17, 15) is 9.59 Å². The molecule has 4 aromatic rings. The van der Waals surface area contributed by atoms with E-state index in [2.05, 4.69) is 35.9 Å². The first kappa shape index (κ1) is 18.7. The average Bonchev–Trinajstić information content (AvgIpc) is 3.41. The second-order valence-electron chi connectivity index (χ2n) is 7.20. The van der Waals surface area contributed by atoms with Crippen molar-refractivity contribution in [1.29, 1.82) is 0 Å². The molecule has 9 heteroatoms. The van der Waals surface area contributed by atoms with Crippen LogP contribution in [0.15, 0.2) is 60.7 Å². The lowest BCUT2D eigenvalue weighted by molar-refractivity contribution is -0.135. The van der Waals surface area contributed by atoms with E-state index in [1.165, 1.54) is 0 Å². The number of para-hydroxylation sites is 1. The predicted octanol–water partition coefficient (Wildman–Crippen LogP) is 2.52. The summed E-state index contributed by atoms with van der Waals surface area (Å²) in [5, 5.41) is 12.1. The van der Waals surface area contributed by atoms with E-state index in [-0.39, 0.29) is 0 Å². The summed E-state index contributed by atoms with van der Waals surface area (Å²) in [7, 11) is 0. The van der Waals surface area contributed by atoms with Crippen LogP contribution in [0.5, 0.6) is 0 Å². The molecule has 5 rings (SSSR count). The summed E-state index contributed by atoms with van der Waals surface area (Å²) < 4.78 is 2.08. The van der Waals surface area contributed by atoms with Gasteiger partial charge in [0, 0.05) is 29.6 Å². The molecule has 0 saturated carbocycles. The summed E-state index contributed by atoms with van der Waals surface area (Å²) in [5.74, 6) is 0.539. The van der Waals surface area contributed by atoms with Crippen molar-refractivity contribution in [2.45, 2.75) is 19.4 Å². The van der Waals surface area contributed by atoms with Crippen molar-refractivity contribution < 1.29 is 9.59 Å². The van der Waals surface area contributed by atoms with Gasteiger partial charge in [0.05, 0.1) is 5.52 Å². The summed E-state index contributed by atoms with van der Waals surface area (Å²) in [6.45, 7) is 0.880. The van der Waals surface area contributed by atoms with Crippen molar-refractivity contribution in [2.75, 3.05) is 10.7 Å². The highest BCUT2D eigenvalue weighted by Gasteiger charge is 2.19. The number of fused-ring (bicyclic) bond motifs is 2. The van der Waals surface area contributed by atoms with Gasteiger partial charge in [-0.25, -0.2) is 4.98 Å². The Morgan fingerprint density at radius 1 is 0.935 bits per heavy atom. The van der Waals surface area contributed by atoms with Crippen molar-refractivity contribution in [2.24, 2.45) is 0 Å². The van der Waals surface area contributed by atoms with Gasteiger partial charge in [-0.2, -0.15) is 0 Å². The van der Waals surface area contributed by atoms with Crippen LogP contribution < -0.4 is 16.2 Å². The number of aryl methyl sites for hydroxylation is 1. The normalized spacial score (nSPS) is 12.4. The van der Waals surface area contributed by atoms with E-state index in [4.69, 9.17) is 0 Å². The van der Waals surface area contributed by atoms with E-state index < -0.39 is 11.8 Å². The lowest BCUT2D eigenvalue weighted by atomic mass is 10.2. The van der Waals surface area contributed by atoms with Gasteiger partial charge in [-0.15, -0.1) is 10.2 Å². The van der Waals surface area contributed by atoms with Crippen LogP contribution in [0, 0.1) is 0 Å². The number of hydrogen-bond donors (Lipinski definition) is 3. The summed E-state index contributed by atoms with van der Waals surface area (Å²) in [6.07, 6.45) is 1.97. The number of carbonyl (C=O) groups excluding carboxylic acids is 2. The van der Waals surface area contributed by atoms with Gasteiger partial charge >= 0.3 is 11.8 Å². The molecule has 0 aliphatic carbocycles. The van der Waals surface area contributed by atoms with Crippen molar-refractivity contribution in [3.05, 3.63) is 66.5 Å². The van der Waals surface area contributed by atoms with Gasteiger partial charge in [-0.05, 0) is 36.8 Å². The van der Waals surface area contributed by atoms with Gasteiger partial charge < -0.3 is 9.88 Å². The third-order valence-electron chi connectivity index (χ3n) is 5.10. The fourth-order valence-electron chi connectivity index (χ4n) is 3.60. The number of hydrogen-bond acceptors (Lipinski definition) is 6. The van der Waals surface area contributed by atoms with Crippen LogP contribution in [-0.4, -0.2) is 31.6 Å². The quantitative estimate of drug-likeness (QED) is 0.350. The van der Waals surface area contributed by atoms with Gasteiger partial charge in [0.2, 0.25) is 0 Å². The Labute approximate surface area is 177 Å². The maximum atomic E-state index is 12.3.